The van der Waals surface area contributed by atoms with Gasteiger partial charge in [-0.3, -0.25) is 0 Å². The number of aromatic carboxylic acids is 1. The first kappa shape index (κ1) is 19.1. The fraction of sp³-hybridized carbons (Fsp3) is 0.227. The number of nitrogens with zero attached hydrogens (tertiary/aromatic N) is 2. The molecular formula is C22H20N2O2Se. The van der Waals surface area contributed by atoms with Gasteiger partial charge >= 0.3 is 165 Å². The molecule has 1 aromatic heterocycles. The SMILES string of the molecule is Cc1nc(-c2ccc(-c3ccc(C(C)(C)C)cc3)c(C#N)c2)[se]c1C(=O)O. The average molecular weight is 423 g/mol. The summed E-state index contributed by atoms with van der Waals surface area (Å²) < 4.78 is 1.13. The van der Waals surface area contributed by atoms with E-state index >= 15 is 0 Å². The molecule has 5 heteroatoms. The first-order chi connectivity index (χ1) is 12.7. The van der Waals surface area contributed by atoms with Gasteiger partial charge in [0.15, 0.2) is 0 Å². The molecule has 1 N–H and O–H groups in total. The van der Waals surface area contributed by atoms with Crippen LogP contribution in [0.5, 0.6) is 0 Å². The molecule has 0 radical (unpaired) electrons. The van der Waals surface area contributed by atoms with Crippen molar-refractivity contribution in [3.8, 4) is 27.3 Å². The number of carbonyl (C=O) groups is 1. The van der Waals surface area contributed by atoms with Crippen molar-refractivity contribution in [2.24, 2.45) is 0 Å². The van der Waals surface area contributed by atoms with E-state index in [1.807, 2.05) is 30.3 Å². The molecule has 0 atom stereocenters. The molecule has 4 nitrogen and oxygen atoms in total. The second-order valence-electron chi connectivity index (χ2n) is 7.44. The topological polar surface area (TPSA) is 74.0 Å². The Bertz CT molecular complexity index is 1050. The summed E-state index contributed by atoms with van der Waals surface area (Å²) in [7, 11) is 0. The van der Waals surface area contributed by atoms with Gasteiger partial charge in [-0.15, -0.1) is 0 Å². The van der Waals surface area contributed by atoms with Gasteiger partial charge in [0.05, 0.1) is 0 Å². The van der Waals surface area contributed by atoms with Crippen LogP contribution in [0.15, 0.2) is 42.5 Å². The summed E-state index contributed by atoms with van der Waals surface area (Å²) >= 11 is -0.349. The van der Waals surface area contributed by atoms with E-state index in [1.165, 1.54) is 5.56 Å². The maximum absolute atomic E-state index is 11.3. The number of hydrogen-bond donors (Lipinski definition) is 1. The second kappa shape index (κ2) is 7.15. The normalized spacial score (nSPS) is 11.2. The van der Waals surface area contributed by atoms with E-state index in [9.17, 15) is 15.2 Å². The quantitative estimate of drug-likeness (QED) is 0.623. The fourth-order valence-electron chi connectivity index (χ4n) is 2.89. The third kappa shape index (κ3) is 3.88. The predicted octanol–water partition coefficient (Wildman–Crippen LogP) is 4.65. The van der Waals surface area contributed by atoms with Crippen LogP contribution in [0.3, 0.4) is 0 Å². The van der Waals surface area contributed by atoms with E-state index in [-0.39, 0.29) is 19.9 Å². The standard InChI is InChI=1S/C22H20N2O2Se/c1-13-19(21(25)26)27-20(24-13)15-7-10-18(16(11-15)12-23)14-5-8-17(9-6-14)22(2,3)4/h5-11H,1-4H3,(H,25,26). The number of carboxylic acid groups (broad SMARTS) is 1. The van der Waals surface area contributed by atoms with Crippen LogP contribution in [0.2, 0.25) is 0 Å². The molecule has 2 aromatic carbocycles. The Morgan fingerprint density at radius 1 is 1.11 bits per heavy atom. The van der Waals surface area contributed by atoms with Crippen molar-refractivity contribution in [3.63, 3.8) is 0 Å². The molecule has 0 bridgehead atoms. The molecule has 0 aliphatic rings. The number of hydrogen-bond acceptors (Lipinski definition) is 3. The number of rotatable bonds is 3. The van der Waals surface area contributed by atoms with Crippen molar-refractivity contribution in [2.75, 3.05) is 0 Å². The molecule has 136 valence electrons. The minimum atomic E-state index is -0.915. The molecule has 0 aliphatic carbocycles. The molecule has 27 heavy (non-hydrogen) atoms. The van der Waals surface area contributed by atoms with Crippen LogP contribution in [0.1, 0.15) is 46.8 Å². The monoisotopic (exact) mass is 424 g/mol. The summed E-state index contributed by atoms with van der Waals surface area (Å²) in [5.74, 6) is -0.915. The number of carboxylic acids is 1. The van der Waals surface area contributed by atoms with Crippen molar-refractivity contribution in [2.45, 2.75) is 33.1 Å². The van der Waals surface area contributed by atoms with Crippen LogP contribution in [0, 0.1) is 18.3 Å². The van der Waals surface area contributed by atoms with Gasteiger partial charge in [-0.2, -0.15) is 0 Å². The van der Waals surface area contributed by atoms with Gasteiger partial charge in [0.25, 0.3) is 0 Å². The summed E-state index contributed by atoms with van der Waals surface area (Å²) in [6.45, 7) is 8.23. The second-order valence-corrected chi connectivity index (χ2v) is 9.53. The molecule has 0 fully saturated rings. The molecule has 0 saturated carbocycles. The van der Waals surface area contributed by atoms with Gasteiger partial charge in [-0.1, -0.05) is 0 Å². The molecule has 0 amide bonds. The van der Waals surface area contributed by atoms with Crippen LogP contribution in [-0.2, 0) is 5.41 Å². The summed E-state index contributed by atoms with van der Waals surface area (Å²) in [5, 5.41) is 18.9. The third-order valence-corrected chi connectivity index (χ3v) is 6.95. The van der Waals surface area contributed by atoms with Crippen molar-refractivity contribution in [1.29, 1.82) is 5.26 Å². The van der Waals surface area contributed by atoms with Crippen LogP contribution in [-0.4, -0.2) is 30.6 Å². The Morgan fingerprint density at radius 3 is 2.26 bits per heavy atom. The molecule has 0 spiro atoms. The summed E-state index contributed by atoms with van der Waals surface area (Å²) in [6, 6.07) is 16.2. The Hall–Kier alpha value is -2.67. The predicted molar refractivity (Wildman–Crippen MR) is 107 cm³/mol. The Balaban J connectivity index is 2.02. The molecule has 0 aliphatic heterocycles. The third-order valence-electron chi connectivity index (χ3n) is 4.44. The van der Waals surface area contributed by atoms with Gasteiger partial charge in [0, 0.05) is 0 Å². The Labute approximate surface area is 164 Å². The molecule has 3 rings (SSSR count). The maximum atomic E-state index is 11.3. The van der Waals surface area contributed by atoms with Crippen LogP contribution in [0.4, 0.5) is 0 Å². The van der Waals surface area contributed by atoms with Crippen LogP contribution >= 0.6 is 0 Å². The zero-order chi connectivity index (χ0) is 19.8. The average Bonchev–Trinajstić information content (AvgIpc) is 3.02. The first-order valence-corrected chi connectivity index (χ1v) is 10.3. The van der Waals surface area contributed by atoms with E-state index in [1.54, 1.807) is 6.92 Å². The molecular weight excluding hydrogens is 403 g/mol. The van der Waals surface area contributed by atoms with Gasteiger partial charge < -0.3 is 0 Å². The number of benzene rings is 2. The van der Waals surface area contributed by atoms with Crippen molar-refractivity contribution in [1.82, 2.24) is 4.98 Å². The zero-order valence-corrected chi connectivity index (χ0v) is 17.4. The van der Waals surface area contributed by atoms with E-state index in [0.29, 0.717) is 15.7 Å². The molecule has 1 heterocycles. The number of aryl methyl sites for hydroxylation is 1. The van der Waals surface area contributed by atoms with E-state index < -0.39 is 5.97 Å². The van der Waals surface area contributed by atoms with Gasteiger partial charge in [0.1, 0.15) is 0 Å². The molecule has 0 unspecified atom stereocenters. The van der Waals surface area contributed by atoms with Crippen molar-refractivity contribution < 1.29 is 9.90 Å². The molecule has 3 aromatic rings. The fourth-order valence-corrected chi connectivity index (χ4v) is 4.78. The van der Waals surface area contributed by atoms with Crippen LogP contribution in [0.25, 0.3) is 21.3 Å². The minimum absolute atomic E-state index is 0.0792. The number of aromatic nitrogens is 1. The first-order valence-electron chi connectivity index (χ1n) is 8.57. The van der Waals surface area contributed by atoms with E-state index in [0.717, 1.165) is 21.3 Å². The zero-order valence-electron chi connectivity index (χ0n) is 15.7. The summed E-state index contributed by atoms with van der Waals surface area (Å²) in [6.07, 6.45) is 0. The Kier molecular flexibility index (Phi) is 5.06. The van der Waals surface area contributed by atoms with Gasteiger partial charge in [0.2, 0.25) is 0 Å². The van der Waals surface area contributed by atoms with E-state index in [4.69, 9.17) is 0 Å². The molecule has 0 saturated heterocycles. The van der Waals surface area contributed by atoms with Crippen LogP contribution < -0.4 is 0 Å². The van der Waals surface area contributed by atoms with Gasteiger partial charge in [-0.05, 0) is 0 Å². The Morgan fingerprint density at radius 2 is 1.74 bits per heavy atom. The van der Waals surface area contributed by atoms with E-state index in [2.05, 4.69) is 44.0 Å². The summed E-state index contributed by atoms with van der Waals surface area (Å²) in [4.78, 5) is 15.7. The van der Waals surface area contributed by atoms with Crippen molar-refractivity contribution in [3.05, 3.63) is 63.7 Å². The van der Waals surface area contributed by atoms with Gasteiger partial charge in [-0.25, -0.2) is 0 Å². The van der Waals surface area contributed by atoms with Crippen molar-refractivity contribution >= 4 is 20.5 Å². The number of nitriles is 1. The summed E-state index contributed by atoms with van der Waals surface area (Å²) in [5.41, 5.74) is 5.12.